The van der Waals surface area contributed by atoms with Crippen molar-refractivity contribution in [1.29, 1.82) is 0 Å². The van der Waals surface area contributed by atoms with Gasteiger partial charge in [0.15, 0.2) is 5.65 Å². The van der Waals surface area contributed by atoms with E-state index in [1.165, 1.54) is 6.33 Å². The lowest BCUT2D eigenvalue weighted by atomic mass is 9.90. The van der Waals surface area contributed by atoms with Gasteiger partial charge in [-0.1, -0.05) is 12.1 Å². The van der Waals surface area contributed by atoms with E-state index in [1.807, 2.05) is 45.0 Å². The third-order valence-corrected chi connectivity index (χ3v) is 7.39. The fourth-order valence-electron chi connectivity index (χ4n) is 5.44. The molecule has 0 unspecified atom stereocenters. The van der Waals surface area contributed by atoms with E-state index >= 15 is 0 Å². The van der Waals surface area contributed by atoms with Crippen LogP contribution in [0, 0.1) is 0 Å². The molecule has 1 saturated heterocycles. The van der Waals surface area contributed by atoms with Crippen LogP contribution in [-0.2, 0) is 4.74 Å². The monoisotopic (exact) mass is 506 g/mol. The van der Waals surface area contributed by atoms with Crippen LogP contribution < -0.4 is 11.1 Å². The molecule has 0 bridgehead atoms. The molecule has 3 heterocycles. The number of likely N-dealkylation sites (N-methyl/N-ethyl adjacent to an activating group) is 1. The predicted octanol–water partition coefficient (Wildman–Crippen LogP) is 4.15. The molecule has 0 spiro atoms. The Kier molecular flexibility index (Phi) is 7.04. The minimum absolute atomic E-state index is 0.280. The SMILES string of the molecule is CN1CCN(C2CCC(n3nc(-c4ccc(NC(=O)OC(C)(C)C)cc4)c4c(N)ncnc43)CC2)CC1. The van der Waals surface area contributed by atoms with E-state index in [2.05, 4.69) is 36.8 Å². The number of amides is 1. The van der Waals surface area contributed by atoms with Crippen LogP contribution in [0.1, 0.15) is 52.5 Å². The summed E-state index contributed by atoms with van der Waals surface area (Å²) < 4.78 is 7.41. The maximum absolute atomic E-state index is 12.1. The van der Waals surface area contributed by atoms with E-state index in [0.29, 0.717) is 17.5 Å². The number of nitrogens with zero attached hydrogens (tertiary/aromatic N) is 6. The number of aromatic nitrogens is 4. The largest absolute Gasteiger partial charge is 0.444 e. The van der Waals surface area contributed by atoms with Gasteiger partial charge in [-0.15, -0.1) is 0 Å². The van der Waals surface area contributed by atoms with Crippen molar-refractivity contribution >= 4 is 28.6 Å². The summed E-state index contributed by atoms with van der Waals surface area (Å²) in [6, 6.07) is 8.46. The summed E-state index contributed by atoms with van der Waals surface area (Å²) in [5.41, 5.74) is 8.86. The number of nitrogens with two attached hydrogens (primary N) is 1. The first-order chi connectivity index (χ1) is 17.7. The first-order valence-electron chi connectivity index (χ1n) is 13.2. The molecular weight excluding hydrogens is 468 g/mol. The Hall–Kier alpha value is -3.24. The molecule has 3 aromatic rings. The Bertz CT molecular complexity index is 1230. The molecule has 1 aliphatic carbocycles. The van der Waals surface area contributed by atoms with Crippen LogP contribution in [0.15, 0.2) is 30.6 Å². The number of anilines is 2. The Morgan fingerprint density at radius 2 is 1.65 bits per heavy atom. The molecule has 0 radical (unpaired) electrons. The number of fused-ring (bicyclic) bond motifs is 1. The van der Waals surface area contributed by atoms with Crippen molar-refractivity contribution in [2.45, 2.75) is 64.1 Å². The minimum atomic E-state index is -0.559. The van der Waals surface area contributed by atoms with E-state index in [1.54, 1.807) is 0 Å². The highest BCUT2D eigenvalue weighted by atomic mass is 16.6. The highest BCUT2D eigenvalue weighted by Crippen LogP contribution is 2.37. The minimum Gasteiger partial charge on any atom is -0.444 e. The maximum Gasteiger partial charge on any atom is 0.412 e. The predicted molar refractivity (Wildman–Crippen MR) is 145 cm³/mol. The van der Waals surface area contributed by atoms with E-state index in [-0.39, 0.29) is 6.04 Å². The molecule has 198 valence electrons. The molecule has 1 aromatic carbocycles. The zero-order valence-corrected chi connectivity index (χ0v) is 22.3. The van der Waals surface area contributed by atoms with Crippen LogP contribution >= 0.6 is 0 Å². The number of hydrogen-bond donors (Lipinski definition) is 2. The van der Waals surface area contributed by atoms with Crippen LogP contribution in [0.2, 0.25) is 0 Å². The van der Waals surface area contributed by atoms with Crippen molar-refractivity contribution in [2.75, 3.05) is 44.3 Å². The molecular formula is C27H38N8O2. The summed E-state index contributed by atoms with van der Waals surface area (Å²) >= 11 is 0. The van der Waals surface area contributed by atoms with E-state index in [0.717, 1.165) is 74.2 Å². The van der Waals surface area contributed by atoms with Gasteiger partial charge in [0.2, 0.25) is 0 Å². The molecule has 1 amide bonds. The zero-order valence-electron chi connectivity index (χ0n) is 22.3. The first kappa shape index (κ1) is 25.4. The molecule has 10 heteroatoms. The van der Waals surface area contributed by atoms with Gasteiger partial charge < -0.3 is 15.4 Å². The van der Waals surface area contributed by atoms with Gasteiger partial charge in [-0.05, 0) is 65.6 Å². The van der Waals surface area contributed by atoms with Crippen LogP contribution in [0.5, 0.6) is 0 Å². The molecule has 2 aliphatic rings. The maximum atomic E-state index is 12.1. The number of carbonyl (C=O) groups is 1. The lowest BCUT2D eigenvalue weighted by molar-refractivity contribution is 0.0636. The van der Waals surface area contributed by atoms with Gasteiger partial charge in [-0.3, -0.25) is 10.2 Å². The van der Waals surface area contributed by atoms with Gasteiger partial charge in [0.25, 0.3) is 0 Å². The number of hydrogen-bond acceptors (Lipinski definition) is 8. The van der Waals surface area contributed by atoms with Gasteiger partial charge >= 0.3 is 6.09 Å². The molecule has 1 aliphatic heterocycles. The highest BCUT2D eigenvalue weighted by molar-refractivity contribution is 5.98. The summed E-state index contributed by atoms with van der Waals surface area (Å²) in [6.45, 7) is 10.1. The summed E-state index contributed by atoms with van der Waals surface area (Å²) in [4.78, 5) is 26.0. The lowest BCUT2D eigenvalue weighted by Gasteiger charge is -2.41. The van der Waals surface area contributed by atoms with Gasteiger partial charge in [-0.2, -0.15) is 5.10 Å². The van der Waals surface area contributed by atoms with Crippen LogP contribution in [0.4, 0.5) is 16.3 Å². The summed E-state index contributed by atoms with van der Waals surface area (Å²) in [5, 5.41) is 8.58. The quantitative estimate of drug-likeness (QED) is 0.542. The molecule has 0 atom stereocenters. The molecule has 5 rings (SSSR count). The number of nitrogen functional groups attached to an aromatic ring is 1. The van der Waals surface area contributed by atoms with Crippen LogP contribution in [-0.4, -0.2) is 80.5 Å². The number of nitrogens with one attached hydrogen (secondary N) is 1. The number of piperazine rings is 1. The van der Waals surface area contributed by atoms with Gasteiger partial charge in [0.1, 0.15) is 23.4 Å². The number of rotatable bonds is 4. The molecule has 2 fully saturated rings. The van der Waals surface area contributed by atoms with Crippen molar-refractivity contribution in [1.82, 2.24) is 29.5 Å². The molecule has 2 aromatic heterocycles. The number of carbonyl (C=O) groups excluding carboxylic acids is 1. The van der Waals surface area contributed by atoms with Gasteiger partial charge in [-0.25, -0.2) is 19.4 Å². The van der Waals surface area contributed by atoms with Crippen molar-refractivity contribution in [2.24, 2.45) is 0 Å². The summed E-state index contributed by atoms with van der Waals surface area (Å²) in [5.74, 6) is 0.424. The average Bonchev–Trinajstić information content (AvgIpc) is 3.25. The van der Waals surface area contributed by atoms with Crippen molar-refractivity contribution < 1.29 is 9.53 Å². The molecule has 37 heavy (non-hydrogen) atoms. The highest BCUT2D eigenvalue weighted by Gasteiger charge is 2.30. The Morgan fingerprint density at radius 3 is 2.30 bits per heavy atom. The lowest BCUT2D eigenvalue weighted by Crippen LogP contribution is -2.49. The smallest absolute Gasteiger partial charge is 0.412 e. The Morgan fingerprint density at radius 1 is 1.00 bits per heavy atom. The second-order valence-electron chi connectivity index (χ2n) is 11.3. The Labute approximate surface area is 218 Å². The summed E-state index contributed by atoms with van der Waals surface area (Å²) in [7, 11) is 2.20. The van der Waals surface area contributed by atoms with Crippen LogP contribution in [0.25, 0.3) is 22.3 Å². The standard InChI is InChI=1S/C27H38N8O2/c1-27(2,3)37-26(36)31-19-7-5-18(6-8-19)23-22-24(28)29-17-30-25(22)35(32-23)21-11-9-20(10-12-21)34-15-13-33(4)14-16-34/h5-8,17,20-21H,9-16H2,1-4H3,(H,31,36)(H2,28,29,30). The van der Waals surface area contributed by atoms with E-state index in [9.17, 15) is 4.79 Å². The first-order valence-corrected chi connectivity index (χ1v) is 13.2. The Balaban J connectivity index is 1.34. The third kappa shape index (κ3) is 5.70. The zero-order chi connectivity index (χ0) is 26.2. The third-order valence-electron chi connectivity index (χ3n) is 7.39. The van der Waals surface area contributed by atoms with Crippen molar-refractivity contribution in [3.8, 4) is 11.3 Å². The normalized spacial score (nSPS) is 21.7. The molecule has 3 N–H and O–H groups in total. The number of ether oxygens (including phenoxy) is 1. The fraction of sp³-hybridized carbons (Fsp3) is 0.556. The number of benzene rings is 1. The van der Waals surface area contributed by atoms with Crippen molar-refractivity contribution in [3.63, 3.8) is 0 Å². The fourth-order valence-corrected chi connectivity index (χ4v) is 5.44. The topological polar surface area (TPSA) is 114 Å². The molecule has 1 saturated carbocycles. The average molecular weight is 507 g/mol. The van der Waals surface area contributed by atoms with E-state index < -0.39 is 11.7 Å². The van der Waals surface area contributed by atoms with Gasteiger partial charge in [0.05, 0.1) is 11.4 Å². The van der Waals surface area contributed by atoms with E-state index in [4.69, 9.17) is 15.6 Å². The molecule has 10 nitrogen and oxygen atoms in total. The van der Waals surface area contributed by atoms with Crippen LogP contribution in [0.3, 0.4) is 0 Å². The second kappa shape index (κ2) is 10.3. The second-order valence-corrected chi connectivity index (χ2v) is 11.3. The summed E-state index contributed by atoms with van der Waals surface area (Å²) in [6.07, 6.45) is 5.49. The van der Waals surface area contributed by atoms with Crippen molar-refractivity contribution in [3.05, 3.63) is 30.6 Å². The van der Waals surface area contributed by atoms with Gasteiger partial charge in [0, 0.05) is 43.5 Å².